The first-order valence-corrected chi connectivity index (χ1v) is 8.57. The van der Waals surface area contributed by atoms with Gasteiger partial charge >= 0.3 is 0 Å². The molecule has 1 aromatic carbocycles. The van der Waals surface area contributed by atoms with E-state index in [4.69, 9.17) is 4.74 Å². The number of allylic oxidation sites excluding steroid dienone is 2. The maximum absolute atomic E-state index is 12.4. The van der Waals surface area contributed by atoms with E-state index in [2.05, 4.69) is 19.9 Å². The van der Waals surface area contributed by atoms with Crippen LogP contribution in [0.3, 0.4) is 0 Å². The van der Waals surface area contributed by atoms with E-state index in [1.165, 1.54) is 31.3 Å². The van der Waals surface area contributed by atoms with Crippen LogP contribution >= 0.6 is 0 Å². The van der Waals surface area contributed by atoms with Gasteiger partial charge in [-0.2, -0.15) is 0 Å². The zero-order valence-electron chi connectivity index (χ0n) is 14.4. The average Bonchev–Trinajstić information content (AvgIpc) is 2.56. The van der Waals surface area contributed by atoms with E-state index >= 15 is 0 Å². The molecule has 0 amide bonds. The number of carbonyl (C=O) groups excluding carboxylic acids is 1. The van der Waals surface area contributed by atoms with Crippen LogP contribution in [0.1, 0.15) is 75.6 Å². The molecule has 0 saturated carbocycles. The van der Waals surface area contributed by atoms with E-state index < -0.39 is 0 Å². The molecule has 0 radical (unpaired) electrons. The number of carbonyl (C=O) groups is 1. The van der Waals surface area contributed by atoms with Crippen molar-refractivity contribution in [2.24, 2.45) is 0 Å². The van der Waals surface area contributed by atoms with Crippen LogP contribution in [0.5, 0.6) is 5.75 Å². The Labute approximate surface area is 135 Å². The second kappa shape index (κ2) is 11.1. The summed E-state index contributed by atoms with van der Waals surface area (Å²) < 4.78 is 5.28. The quantitative estimate of drug-likeness (QED) is 0.286. The molecule has 1 rings (SSSR count). The minimum Gasteiger partial charge on any atom is -0.496 e. The van der Waals surface area contributed by atoms with Crippen LogP contribution in [0.15, 0.2) is 35.9 Å². The average molecular weight is 302 g/mol. The van der Waals surface area contributed by atoms with Gasteiger partial charge in [-0.1, -0.05) is 56.9 Å². The van der Waals surface area contributed by atoms with Gasteiger partial charge in [-0.25, -0.2) is 0 Å². The third-order valence-electron chi connectivity index (χ3n) is 3.92. The van der Waals surface area contributed by atoms with Gasteiger partial charge in [-0.05, 0) is 37.8 Å². The van der Waals surface area contributed by atoms with Crippen molar-refractivity contribution < 1.29 is 9.53 Å². The van der Waals surface area contributed by atoms with E-state index in [9.17, 15) is 4.79 Å². The highest BCUT2D eigenvalue weighted by molar-refractivity contribution is 5.98. The first-order valence-electron chi connectivity index (χ1n) is 8.57. The normalized spacial score (nSPS) is 11.5. The molecule has 2 heteroatoms. The monoisotopic (exact) mass is 302 g/mol. The lowest BCUT2D eigenvalue weighted by Crippen LogP contribution is -2.03. The van der Waals surface area contributed by atoms with Gasteiger partial charge in [-0.15, -0.1) is 0 Å². The number of para-hydroxylation sites is 1. The molecule has 0 aliphatic carbocycles. The van der Waals surface area contributed by atoms with Crippen molar-refractivity contribution in [1.82, 2.24) is 0 Å². The van der Waals surface area contributed by atoms with Crippen LogP contribution in [0, 0.1) is 0 Å². The van der Waals surface area contributed by atoms with Crippen molar-refractivity contribution in [2.75, 3.05) is 7.11 Å². The van der Waals surface area contributed by atoms with Crippen molar-refractivity contribution in [3.8, 4) is 5.75 Å². The lowest BCUT2D eigenvalue weighted by molar-refractivity contribution is 0.0979. The molecule has 0 N–H and O–H groups in total. The Morgan fingerprint density at radius 2 is 1.77 bits per heavy atom. The Bertz CT molecular complexity index is 474. The van der Waals surface area contributed by atoms with Crippen molar-refractivity contribution in [3.05, 3.63) is 41.5 Å². The van der Waals surface area contributed by atoms with Crippen molar-refractivity contribution in [3.63, 3.8) is 0 Å². The van der Waals surface area contributed by atoms with Gasteiger partial charge in [0.1, 0.15) is 5.75 Å². The highest BCUT2D eigenvalue weighted by Gasteiger charge is 2.12. The van der Waals surface area contributed by atoms with E-state index in [0.717, 1.165) is 19.3 Å². The maximum Gasteiger partial charge on any atom is 0.166 e. The molecule has 0 unspecified atom stereocenters. The summed E-state index contributed by atoms with van der Waals surface area (Å²) in [6, 6.07) is 7.49. The Morgan fingerprint density at radius 3 is 2.45 bits per heavy atom. The van der Waals surface area contributed by atoms with Crippen molar-refractivity contribution >= 4 is 5.78 Å². The molecule has 0 spiro atoms. The SMILES string of the molecule is CCCC/C=C(\CCCC)CCC(=O)c1ccccc1OC. The molecular weight excluding hydrogens is 272 g/mol. The molecule has 0 aliphatic rings. The fourth-order valence-electron chi connectivity index (χ4n) is 2.53. The maximum atomic E-state index is 12.4. The molecular formula is C20H30O2. The minimum atomic E-state index is 0.176. The molecule has 122 valence electrons. The smallest absolute Gasteiger partial charge is 0.166 e. The third-order valence-corrected chi connectivity index (χ3v) is 3.92. The minimum absolute atomic E-state index is 0.176. The fraction of sp³-hybridized carbons (Fsp3) is 0.550. The van der Waals surface area contributed by atoms with Gasteiger partial charge in [0.05, 0.1) is 12.7 Å². The van der Waals surface area contributed by atoms with Crippen molar-refractivity contribution in [1.29, 1.82) is 0 Å². The lowest BCUT2D eigenvalue weighted by atomic mass is 9.97. The zero-order chi connectivity index (χ0) is 16.2. The number of methoxy groups -OCH3 is 1. The van der Waals surface area contributed by atoms with Crippen LogP contribution in [-0.4, -0.2) is 12.9 Å². The van der Waals surface area contributed by atoms with Crippen LogP contribution < -0.4 is 4.74 Å². The predicted octanol–water partition coefficient (Wildman–Crippen LogP) is 5.96. The predicted molar refractivity (Wildman–Crippen MR) is 93.7 cm³/mol. The second-order valence-corrected chi connectivity index (χ2v) is 5.73. The standard InChI is InChI=1S/C20H30O2/c1-4-6-8-12-17(11-7-5-2)15-16-19(21)18-13-9-10-14-20(18)22-3/h9-10,12-14H,4-8,11,15-16H2,1-3H3/b17-12+. The lowest BCUT2D eigenvalue weighted by Gasteiger charge is -2.09. The summed E-state index contributed by atoms with van der Waals surface area (Å²) in [5.74, 6) is 0.855. The number of unbranched alkanes of at least 4 members (excludes halogenated alkanes) is 3. The first-order chi connectivity index (χ1) is 10.7. The van der Waals surface area contributed by atoms with Crippen LogP contribution in [-0.2, 0) is 0 Å². The van der Waals surface area contributed by atoms with Crippen LogP contribution in [0.25, 0.3) is 0 Å². The van der Waals surface area contributed by atoms with E-state index in [1.54, 1.807) is 7.11 Å². The molecule has 0 heterocycles. The molecule has 0 aliphatic heterocycles. The number of benzene rings is 1. The number of hydrogen-bond donors (Lipinski definition) is 0. The van der Waals surface area contributed by atoms with Gasteiger partial charge in [0, 0.05) is 6.42 Å². The number of hydrogen-bond acceptors (Lipinski definition) is 2. The van der Waals surface area contributed by atoms with Gasteiger partial charge in [0.15, 0.2) is 5.78 Å². The topological polar surface area (TPSA) is 26.3 Å². The summed E-state index contributed by atoms with van der Waals surface area (Å²) in [5.41, 5.74) is 2.15. The van der Waals surface area contributed by atoms with Gasteiger partial charge < -0.3 is 4.74 Å². The Morgan fingerprint density at radius 1 is 1.05 bits per heavy atom. The summed E-state index contributed by atoms with van der Waals surface area (Å²) in [4.78, 5) is 12.4. The zero-order valence-corrected chi connectivity index (χ0v) is 14.4. The van der Waals surface area contributed by atoms with Gasteiger partial charge in [0.25, 0.3) is 0 Å². The summed E-state index contributed by atoms with van der Waals surface area (Å²) in [5, 5.41) is 0. The third kappa shape index (κ3) is 6.46. The number of Topliss-reactive ketones (excluding diaryl/α,β-unsaturated/α-hetero) is 1. The molecule has 0 aromatic heterocycles. The Kier molecular flexibility index (Phi) is 9.29. The highest BCUT2D eigenvalue weighted by atomic mass is 16.5. The summed E-state index contributed by atoms with van der Waals surface area (Å²) >= 11 is 0. The van der Waals surface area contributed by atoms with E-state index in [-0.39, 0.29) is 5.78 Å². The van der Waals surface area contributed by atoms with E-state index in [1.807, 2.05) is 24.3 Å². The number of ketones is 1. The Hall–Kier alpha value is -1.57. The van der Waals surface area contributed by atoms with Gasteiger partial charge in [-0.3, -0.25) is 4.79 Å². The summed E-state index contributed by atoms with van der Waals surface area (Å²) in [6.45, 7) is 4.43. The molecule has 22 heavy (non-hydrogen) atoms. The van der Waals surface area contributed by atoms with E-state index in [0.29, 0.717) is 17.7 Å². The van der Waals surface area contributed by atoms with Crippen LogP contribution in [0.4, 0.5) is 0 Å². The second-order valence-electron chi connectivity index (χ2n) is 5.73. The molecule has 2 nitrogen and oxygen atoms in total. The molecule has 0 fully saturated rings. The molecule has 0 bridgehead atoms. The summed E-state index contributed by atoms with van der Waals surface area (Å²) in [6.07, 6.45) is 10.9. The molecule has 0 atom stereocenters. The first kappa shape index (κ1) is 18.5. The van der Waals surface area contributed by atoms with Gasteiger partial charge in [0.2, 0.25) is 0 Å². The number of rotatable bonds is 11. The van der Waals surface area contributed by atoms with Crippen molar-refractivity contribution in [2.45, 2.75) is 65.2 Å². The van der Waals surface area contributed by atoms with Crippen LogP contribution in [0.2, 0.25) is 0 Å². The summed E-state index contributed by atoms with van der Waals surface area (Å²) in [7, 11) is 1.61. The number of ether oxygens (including phenoxy) is 1. The highest BCUT2D eigenvalue weighted by Crippen LogP contribution is 2.22. The Balaban J connectivity index is 2.62. The molecule has 0 saturated heterocycles. The fourth-order valence-corrected chi connectivity index (χ4v) is 2.53. The molecule has 1 aromatic rings. The largest absolute Gasteiger partial charge is 0.496 e.